The highest BCUT2D eigenvalue weighted by molar-refractivity contribution is 5.24. The fraction of sp³-hybridized carbons (Fsp3) is 0.538. The highest BCUT2D eigenvalue weighted by Crippen LogP contribution is 2.22. The molecule has 1 N–H and O–H groups in total. The largest absolute Gasteiger partial charge is 0.466 e. The monoisotopic (exact) mass is 205 g/mol. The lowest BCUT2D eigenvalue weighted by atomic mass is 10.0. The van der Waals surface area contributed by atoms with Crippen molar-refractivity contribution in [1.82, 2.24) is 5.32 Å². The van der Waals surface area contributed by atoms with E-state index in [-0.39, 0.29) is 11.6 Å². The van der Waals surface area contributed by atoms with Gasteiger partial charge in [-0.2, -0.15) is 0 Å². The topological polar surface area (TPSA) is 25.2 Å². The lowest BCUT2D eigenvalue weighted by Crippen LogP contribution is -2.39. The Balaban J connectivity index is 2.83. The number of rotatable bonds is 3. The summed E-state index contributed by atoms with van der Waals surface area (Å²) in [6, 6.07) is 2.26. The van der Waals surface area contributed by atoms with Crippen molar-refractivity contribution in [3.05, 3.63) is 23.2 Å². The van der Waals surface area contributed by atoms with Crippen LogP contribution >= 0.6 is 0 Å². The second-order valence-electron chi connectivity index (χ2n) is 4.50. The molecule has 0 radical (unpaired) electrons. The Kier molecular flexibility index (Phi) is 3.26. The van der Waals surface area contributed by atoms with Crippen LogP contribution in [0.5, 0.6) is 0 Å². The highest BCUT2D eigenvalue weighted by Gasteiger charge is 2.20. The average molecular weight is 205 g/mol. The predicted octanol–water partition coefficient (Wildman–Crippen LogP) is 2.96. The minimum absolute atomic E-state index is 0.202. The Bertz CT molecular complexity index is 382. The molecule has 0 fully saturated rings. The summed E-state index contributed by atoms with van der Waals surface area (Å²) in [4.78, 5) is 0. The van der Waals surface area contributed by atoms with Gasteiger partial charge in [-0.25, -0.2) is 0 Å². The smallest absolute Gasteiger partial charge is 0.105 e. The summed E-state index contributed by atoms with van der Waals surface area (Å²) in [7, 11) is 0. The van der Waals surface area contributed by atoms with Crippen molar-refractivity contribution in [2.24, 2.45) is 0 Å². The fourth-order valence-electron chi connectivity index (χ4n) is 1.74. The van der Waals surface area contributed by atoms with Crippen molar-refractivity contribution < 1.29 is 4.42 Å². The fourth-order valence-corrected chi connectivity index (χ4v) is 1.74. The molecular formula is C13H19NO. The van der Waals surface area contributed by atoms with Crippen LogP contribution in [0.4, 0.5) is 0 Å². The third-order valence-electron chi connectivity index (χ3n) is 2.48. The highest BCUT2D eigenvalue weighted by atomic mass is 16.3. The first-order chi connectivity index (χ1) is 6.85. The molecule has 1 aromatic rings. The molecule has 1 unspecified atom stereocenters. The molecule has 1 aromatic heterocycles. The quantitative estimate of drug-likeness (QED) is 0.767. The maximum atomic E-state index is 5.49. The molecule has 0 amide bonds. The van der Waals surface area contributed by atoms with Gasteiger partial charge in [0.25, 0.3) is 0 Å². The van der Waals surface area contributed by atoms with Crippen molar-refractivity contribution in [3.8, 4) is 12.3 Å². The van der Waals surface area contributed by atoms with Crippen molar-refractivity contribution in [3.63, 3.8) is 0 Å². The van der Waals surface area contributed by atoms with E-state index in [1.54, 1.807) is 0 Å². The molecule has 0 aromatic carbocycles. The number of nitrogens with one attached hydrogen (secondary N) is 1. The van der Waals surface area contributed by atoms with E-state index in [4.69, 9.17) is 10.8 Å². The zero-order valence-electron chi connectivity index (χ0n) is 10.1. The van der Waals surface area contributed by atoms with E-state index in [0.717, 1.165) is 11.5 Å². The number of hydrogen-bond donors (Lipinski definition) is 1. The molecular weight excluding hydrogens is 186 g/mol. The zero-order valence-corrected chi connectivity index (χ0v) is 10.1. The molecule has 0 bridgehead atoms. The molecule has 0 aliphatic heterocycles. The van der Waals surface area contributed by atoms with Gasteiger partial charge in [-0.05, 0) is 40.7 Å². The minimum Gasteiger partial charge on any atom is -0.466 e. The van der Waals surface area contributed by atoms with Gasteiger partial charge in [0.05, 0.1) is 5.54 Å². The van der Waals surface area contributed by atoms with E-state index < -0.39 is 0 Å². The van der Waals surface area contributed by atoms with Crippen molar-refractivity contribution in [1.29, 1.82) is 0 Å². The first kappa shape index (κ1) is 11.9. The van der Waals surface area contributed by atoms with Gasteiger partial charge in [0.2, 0.25) is 0 Å². The summed E-state index contributed by atoms with van der Waals surface area (Å²) >= 11 is 0. The van der Waals surface area contributed by atoms with E-state index in [2.05, 4.69) is 24.2 Å². The van der Waals surface area contributed by atoms with Crippen LogP contribution < -0.4 is 5.32 Å². The number of furan rings is 1. The summed E-state index contributed by atoms with van der Waals surface area (Å²) in [6.07, 6.45) is 5.44. The number of aryl methyl sites for hydroxylation is 2. The van der Waals surface area contributed by atoms with Crippen LogP contribution in [0.15, 0.2) is 10.5 Å². The molecule has 0 aliphatic rings. The van der Waals surface area contributed by atoms with Crippen LogP contribution in [0.3, 0.4) is 0 Å². The van der Waals surface area contributed by atoms with Crippen LogP contribution in [0.25, 0.3) is 0 Å². The molecule has 1 rings (SSSR count). The van der Waals surface area contributed by atoms with Gasteiger partial charge in [0.1, 0.15) is 11.5 Å². The van der Waals surface area contributed by atoms with Gasteiger partial charge in [-0.1, -0.05) is 5.92 Å². The van der Waals surface area contributed by atoms with Crippen molar-refractivity contribution >= 4 is 0 Å². The third-order valence-corrected chi connectivity index (χ3v) is 2.48. The molecule has 0 spiro atoms. The molecule has 2 nitrogen and oxygen atoms in total. The molecule has 0 saturated carbocycles. The van der Waals surface area contributed by atoms with Gasteiger partial charge in [0, 0.05) is 11.6 Å². The normalized spacial score (nSPS) is 13.6. The molecule has 1 atom stereocenters. The second kappa shape index (κ2) is 4.12. The summed E-state index contributed by atoms with van der Waals surface area (Å²) in [6.45, 7) is 10.0. The molecule has 82 valence electrons. The van der Waals surface area contributed by atoms with Gasteiger partial charge in [-0.3, -0.25) is 5.32 Å². The maximum absolute atomic E-state index is 5.49. The maximum Gasteiger partial charge on any atom is 0.105 e. The molecule has 0 saturated heterocycles. The summed E-state index contributed by atoms with van der Waals surface area (Å²) in [5, 5.41) is 3.38. The Morgan fingerprint density at radius 3 is 2.47 bits per heavy atom. The van der Waals surface area contributed by atoms with E-state index in [1.807, 2.05) is 27.7 Å². The first-order valence-electron chi connectivity index (χ1n) is 5.18. The van der Waals surface area contributed by atoms with Crippen LogP contribution in [-0.2, 0) is 0 Å². The Hall–Kier alpha value is -1.20. The van der Waals surface area contributed by atoms with Crippen LogP contribution in [-0.4, -0.2) is 5.54 Å². The Morgan fingerprint density at radius 2 is 2.07 bits per heavy atom. The van der Waals surface area contributed by atoms with Crippen molar-refractivity contribution in [2.45, 2.75) is 46.2 Å². The zero-order chi connectivity index (χ0) is 11.6. The van der Waals surface area contributed by atoms with Gasteiger partial charge in [0.15, 0.2) is 0 Å². The van der Waals surface area contributed by atoms with Gasteiger partial charge < -0.3 is 4.42 Å². The lowest BCUT2D eigenvalue weighted by Gasteiger charge is -2.24. The lowest BCUT2D eigenvalue weighted by molar-refractivity contribution is 0.423. The second-order valence-corrected chi connectivity index (χ2v) is 4.50. The average Bonchev–Trinajstić information content (AvgIpc) is 2.45. The Morgan fingerprint density at radius 1 is 1.47 bits per heavy atom. The van der Waals surface area contributed by atoms with Crippen LogP contribution in [0.2, 0.25) is 0 Å². The van der Waals surface area contributed by atoms with Crippen molar-refractivity contribution in [2.75, 3.05) is 0 Å². The predicted molar refractivity (Wildman–Crippen MR) is 62.6 cm³/mol. The van der Waals surface area contributed by atoms with Gasteiger partial charge in [-0.15, -0.1) is 6.42 Å². The number of hydrogen-bond acceptors (Lipinski definition) is 2. The third kappa shape index (κ3) is 2.87. The van der Waals surface area contributed by atoms with Gasteiger partial charge >= 0.3 is 0 Å². The SMILES string of the molecule is C#CC(C)(C)NC(C)c1cc(C)oc1C. The van der Waals surface area contributed by atoms with Crippen LogP contribution in [0, 0.1) is 26.2 Å². The summed E-state index contributed by atoms with van der Waals surface area (Å²) < 4.78 is 5.49. The standard InChI is InChI=1S/C13H19NO/c1-7-13(5,6)14-10(3)12-8-9(2)15-11(12)4/h1,8,10,14H,2-6H3. The Labute approximate surface area is 92.1 Å². The van der Waals surface area contributed by atoms with E-state index in [1.165, 1.54) is 5.56 Å². The number of terminal acetylenes is 1. The summed E-state index contributed by atoms with van der Waals surface area (Å²) in [5.74, 6) is 4.62. The molecule has 15 heavy (non-hydrogen) atoms. The van der Waals surface area contributed by atoms with Crippen LogP contribution in [0.1, 0.15) is 43.9 Å². The van der Waals surface area contributed by atoms with E-state index >= 15 is 0 Å². The molecule has 0 aliphatic carbocycles. The molecule has 2 heteroatoms. The van der Waals surface area contributed by atoms with E-state index in [9.17, 15) is 0 Å². The first-order valence-corrected chi connectivity index (χ1v) is 5.18. The minimum atomic E-state index is -0.295. The summed E-state index contributed by atoms with van der Waals surface area (Å²) in [5.41, 5.74) is 0.882. The van der Waals surface area contributed by atoms with E-state index in [0.29, 0.717) is 0 Å². The molecule has 1 heterocycles.